The molecule has 0 amide bonds. The maximum Gasteiger partial charge on any atom is 0.164 e. The van der Waals surface area contributed by atoms with Gasteiger partial charge >= 0.3 is 0 Å². The lowest BCUT2D eigenvalue weighted by Crippen LogP contribution is -2.28. The molecule has 1 nitrogen and oxygen atoms in total. The molecule has 0 unspecified atom stereocenters. The highest BCUT2D eigenvalue weighted by molar-refractivity contribution is 6.00. The summed E-state index contributed by atoms with van der Waals surface area (Å²) in [5.74, 6) is 0.273. The summed E-state index contributed by atoms with van der Waals surface area (Å²) in [6, 6.07) is 0. The first-order valence-electron chi connectivity index (χ1n) is 5.02. The Labute approximate surface area is 86.2 Å². The summed E-state index contributed by atoms with van der Waals surface area (Å²) in [7, 11) is 0. The Morgan fingerprint density at radius 3 is 2.57 bits per heavy atom. The fourth-order valence-electron chi connectivity index (χ4n) is 1.85. The molecule has 0 aliphatic heterocycles. The van der Waals surface area contributed by atoms with Crippen LogP contribution in [-0.2, 0) is 4.79 Å². The molecule has 0 heterocycles. The minimum absolute atomic E-state index is 0.230. The van der Waals surface area contributed by atoms with Crippen LogP contribution < -0.4 is 0 Å². The lowest BCUT2D eigenvalue weighted by Gasteiger charge is -2.28. The van der Waals surface area contributed by atoms with Gasteiger partial charge in [-0.2, -0.15) is 0 Å². The van der Waals surface area contributed by atoms with Gasteiger partial charge in [0.1, 0.15) is 0 Å². The van der Waals surface area contributed by atoms with Crippen molar-refractivity contribution in [2.45, 2.75) is 34.1 Å². The van der Waals surface area contributed by atoms with E-state index in [2.05, 4.69) is 6.08 Å². The minimum atomic E-state index is -0.230. The summed E-state index contributed by atoms with van der Waals surface area (Å²) in [6.07, 6.45) is 8.93. The summed E-state index contributed by atoms with van der Waals surface area (Å²) in [6.45, 7) is 7.91. The Morgan fingerprint density at radius 2 is 2.07 bits per heavy atom. The maximum absolute atomic E-state index is 11.8. The molecule has 0 aromatic rings. The van der Waals surface area contributed by atoms with Crippen LogP contribution in [0.15, 0.2) is 35.5 Å². The molecule has 0 atom stereocenters. The number of carbonyl (C=O) groups is 1. The van der Waals surface area contributed by atoms with Gasteiger partial charge in [-0.05, 0) is 31.4 Å². The summed E-state index contributed by atoms with van der Waals surface area (Å²) in [5, 5.41) is 0. The van der Waals surface area contributed by atoms with Crippen molar-refractivity contribution in [3.63, 3.8) is 0 Å². The van der Waals surface area contributed by atoms with Gasteiger partial charge in [0, 0.05) is 5.41 Å². The molecule has 0 N–H and O–H groups in total. The van der Waals surface area contributed by atoms with Crippen LogP contribution in [0.3, 0.4) is 0 Å². The largest absolute Gasteiger partial charge is 0.294 e. The van der Waals surface area contributed by atoms with Crippen LogP contribution in [-0.4, -0.2) is 5.78 Å². The third kappa shape index (κ3) is 2.22. The zero-order valence-corrected chi connectivity index (χ0v) is 9.42. The average molecular weight is 190 g/mol. The molecule has 0 aromatic heterocycles. The third-order valence-electron chi connectivity index (χ3n) is 2.52. The monoisotopic (exact) mass is 190 g/mol. The predicted molar refractivity (Wildman–Crippen MR) is 60.1 cm³/mol. The van der Waals surface area contributed by atoms with E-state index in [9.17, 15) is 4.79 Å². The van der Waals surface area contributed by atoms with Gasteiger partial charge in [-0.1, -0.05) is 38.2 Å². The van der Waals surface area contributed by atoms with Gasteiger partial charge in [0.2, 0.25) is 0 Å². The first kappa shape index (κ1) is 11.0. The lowest BCUT2D eigenvalue weighted by molar-refractivity contribution is -0.123. The van der Waals surface area contributed by atoms with E-state index in [4.69, 9.17) is 0 Å². The molecular formula is C13H18O. The molecule has 1 heteroatoms. The number of allylic oxidation sites excluding steroid dienone is 6. The summed E-state index contributed by atoms with van der Waals surface area (Å²) in [5.41, 5.74) is 1.88. The molecule has 0 aromatic carbocycles. The van der Waals surface area contributed by atoms with E-state index in [-0.39, 0.29) is 11.2 Å². The first-order chi connectivity index (χ1) is 6.47. The van der Waals surface area contributed by atoms with Gasteiger partial charge < -0.3 is 0 Å². The molecule has 0 radical (unpaired) electrons. The Balaban J connectivity index is 3.02. The van der Waals surface area contributed by atoms with Gasteiger partial charge in [-0.15, -0.1) is 0 Å². The number of ketones is 1. The molecule has 1 aliphatic carbocycles. The van der Waals surface area contributed by atoms with Crippen molar-refractivity contribution in [1.29, 1.82) is 0 Å². The topological polar surface area (TPSA) is 17.1 Å². The smallest absolute Gasteiger partial charge is 0.164 e. The fourth-order valence-corrected chi connectivity index (χ4v) is 1.85. The van der Waals surface area contributed by atoms with E-state index in [1.54, 1.807) is 0 Å². The lowest BCUT2D eigenvalue weighted by atomic mass is 9.74. The van der Waals surface area contributed by atoms with Gasteiger partial charge in [-0.3, -0.25) is 4.79 Å². The number of hydrogen-bond acceptors (Lipinski definition) is 1. The normalized spacial score (nSPS) is 24.4. The van der Waals surface area contributed by atoms with Crippen LogP contribution in [0.25, 0.3) is 0 Å². The van der Waals surface area contributed by atoms with E-state index in [1.807, 2.05) is 45.9 Å². The van der Waals surface area contributed by atoms with Crippen LogP contribution in [0, 0.1) is 5.41 Å². The van der Waals surface area contributed by atoms with Crippen molar-refractivity contribution in [1.82, 2.24) is 0 Å². The molecule has 0 saturated heterocycles. The molecule has 14 heavy (non-hydrogen) atoms. The standard InChI is InChI=1S/C13H18O/c1-5-6-7-11-8-10(2)12(14)13(3,4)9-11/h5-8H,9H2,1-4H3/b6-5+,11-7-. The molecule has 1 rings (SSSR count). The highest BCUT2D eigenvalue weighted by Crippen LogP contribution is 2.34. The van der Waals surface area contributed by atoms with E-state index >= 15 is 0 Å². The van der Waals surface area contributed by atoms with Crippen LogP contribution >= 0.6 is 0 Å². The van der Waals surface area contributed by atoms with Crippen molar-refractivity contribution in [3.05, 3.63) is 35.5 Å². The predicted octanol–water partition coefficient (Wildman–Crippen LogP) is 3.43. The Kier molecular flexibility index (Phi) is 3.10. The summed E-state index contributed by atoms with van der Waals surface area (Å²) in [4.78, 5) is 11.8. The van der Waals surface area contributed by atoms with E-state index in [0.29, 0.717) is 0 Å². The number of Topliss-reactive ketones (excluding diaryl/α,β-unsaturated/α-hetero) is 1. The minimum Gasteiger partial charge on any atom is -0.294 e. The molecule has 0 bridgehead atoms. The molecule has 1 aliphatic rings. The summed E-state index contributed by atoms with van der Waals surface area (Å²) < 4.78 is 0. The third-order valence-corrected chi connectivity index (χ3v) is 2.52. The summed E-state index contributed by atoms with van der Waals surface area (Å²) >= 11 is 0. The Bertz CT molecular complexity index is 327. The second-order valence-corrected chi connectivity index (χ2v) is 4.48. The number of rotatable bonds is 1. The van der Waals surface area contributed by atoms with Crippen molar-refractivity contribution < 1.29 is 4.79 Å². The fraction of sp³-hybridized carbons (Fsp3) is 0.462. The van der Waals surface area contributed by atoms with Crippen LogP contribution in [0.5, 0.6) is 0 Å². The second-order valence-electron chi connectivity index (χ2n) is 4.48. The average Bonchev–Trinajstić information content (AvgIpc) is 2.10. The molecule has 76 valence electrons. The zero-order valence-electron chi connectivity index (χ0n) is 9.42. The van der Waals surface area contributed by atoms with Crippen LogP contribution in [0.2, 0.25) is 0 Å². The van der Waals surface area contributed by atoms with E-state index in [0.717, 1.165) is 12.0 Å². The van der Waals surface area contributed by atoms with Crippen LogP contribution in [0.1, 0.15) is 34.1 Å². The number of carbonyl (C=O) groups excluding carboxylic acids is 1. The van der Waals surface area contributed by atoms with Gasteiger partial charge in [0.25, 0.3) is 0 Å². The van der Waals surface area contributed by atoms with Crippen LogP contribution in [0.4, 0.5) is 0 Å². The zero-order chi connectivity index (χ0) is 10.8. The van der Waals surface area contributed by atoms with Gasteiger partial charge in [0.15, 0.2) is 5.78 Å². The molecule has 0 spiro atoms. The van der Waals surface area contributed by atoms with Crippen molar-refractivity contribution >= 4 is 5.78 Å². The second kappa shape index (κ2) is 3.95. The van der Waals surface area contributed by atoms with Crippen molar-refractivity contribution in [2.75, 3.05) is 0 Å². The maximum atomic E-state index is 11.8. The first-order valence-corrected chi connectivity index (χ1v) is 5.02. The quantitative estimate of drug-likeness (QED) is 0.619. The van der Waals surface area contributed by atoms with Gasteiger partial charge in [-0.25, -0.2) is 0 Å². The highest BCUT2D eigenvalue weighted by Gasteiger charge is 2.32. The van der Waals surface area contributed by atoms with Crippen molar-refractivity contribution in [2.24, 2.45) is 5.41 Å². The van der Waals surface area contributed by atoms with E-state index < -0.39 is 0 Å². The van der Waals surface area contributed by atoms with E-state index in [1.165, 1.54) is 5.57 Å². The Morgan fingerprint density at radius 1 is 1.43 bits per heavy atom. The molecule has 0 fully saturated rings. The SMILES string of the molecule is C/C=C/C=C1/C=C(C)C(=O)C(C)(C)C1. The molecular weight excluding hydrogens is 172 g/mol. The molecule has 0 saturated carbocycles. The highest BCUT2D eigenvalue weighted by atomic mass is 16.1. The Hall–Kier alpha value is -1.11. The van der Waals surface area contributed by atoms with Crippen molar-refractivity contribution in [3.8, 4) is 0 Å². The van der Waals surface area contributed by atoms with Gasteiger partial charge in [0.05, 0.1) is 0 Å². The number of hydrogen-bond donors (Lipinski definition) is 0.